The first kappa shape index (κ1) is 19.0. The zero-order valence-corrected chi connectivity index (χ0v) is 14.3. The van der Waals surface area contributed by atoms with Crippen LogP contribution in [0.2, 0.25) is 0 Å². The molecule has 4 aliphatic rings. The summed E-state index contributed by atoms with van der Waals surface area (Å²) < 4.78 is 44.4. The molecule has 4 atom stereocenters. The second-order valence-electron chi connectivity index (χ2n) is 7.48. The van der Waals surface area contributed by atoms with Gasteiger partial charge < -0.3 is 40.9 Å². The average Bonchev–Trinajstić information content (AvgIpc) is 3.29. The van der Waals surface area contributed by atoms with Gasteiger partial charge in [-0.1, -0.05) is 0 Å². The lowest BCUT2D eigenvalue weighted by Crippen LogP contribution is -2.80. The molecule has 0 radical (unpaired) electrons. The Morgan fingerprint density at radius 2 is 1.93 bits per heavy atom. The Morgan fingerprint density at radius 1 is 1.29 bits per heavy atom. The summed E-state index contributed by atoms with van der Waals surface area (Å²) in [4.78, 5) is 13.3. The van der Waals surface area contributed by atoms with Gasteiger partial charge in [0.2, 0.25) is 5.79 Å². The van der Waals surface area contributed by atoms with Crippen LogP contribution in [-0.2, 0) is 9.53 Å². The van der Waals surface area contributed by atoms with Gasteiger partial charge in [-0.2, -0.15) is 13.2 Å². The van der Waals surface area contributed by atoms with Gasteiger partial charge in [0.25, 0.3) is 0 Å². The normalized spacial score (nSPS) is 37.4. The van der Waals surface area contributed by atoms with E-state index in [1.165, 1.54) is 0 Å². The first-order valence-electron chi connectivity index (χ1n) is 8.50. The summed E-state index contributed by atoms with van der Waals surface area (Å²) >= 11 is 0. The topological polar surface area (TPSA) is 174 Å². The lowest BCUT2D eigenvalue weighted by molar-refractivity contribution is -0.270. The monoisotopic (exact) mass is 408 g/mol. The maximum Gasteiger partial charge on any atom is 0.404 e. The van der Waals surface area contributed by atoms with Crippen LogP contribution >= 0.6 is 0 Å². The fourth-order valence-corrected chi connectivity index (χ4v) is 4.24. The molecule has 0 aromatic rings. The molecule has 4 rings (SSSR count). The van der Waals surface area contributed by atoms with E-state index in [1.54, 1.807) is 0 Å². The Balaban J connectivity index is 1.67. The van der Waals surface area contributed by atoms with Crippen molar-refractivity contribution in [2.24, 2.45) is 5.41 Å². The molecule has 3 aliphatic heterocycles. The SMILES string of the molecule is N=C1N[C@H]2[C@H](CO)NC(=N)N3C[C@H](OC(=O)C4(C(F)(F)F)CC4)C(O)(O)[C@]23N1. The summed E-state index contributed by atoms with van der Waals surface area (Å²) in [7, 11) is 0. The van der Waals surface area contributed by atoms with Crippen molar-refractivity contribution in [2.75, 3.05) is 13.2 Å². The predicted octanol–water partition coefficient (Wildman–Crippen LogP) is -2.67. The molecule has 0 aromatic carbocycles. The van der Waals surface area contributed by atoms with E-state index in [-0.39, 0.29) is 11.9 Å². The van der Waals surface area contributed by atoms with E-state index in [1.807, 2.05) is 0 Å². The maximum absolute atomic E-state index is 13.2. The molecule has 11 nitrogen and oxygen atoms in total. The van der Waals surface area contributed by atoms with Crippen molar-refractivity contribution in [1.29, 1.82) is 10.8 Å². The van der Waals surface area contributed by atoms with Crippen molar-refractivity contribution in [3.8, 4) is 0 Å². The summed E-state index contributed by atoms with van der Waals surface area (Å²) in [5, 5.41) is 54.8. The predicted molar refractivity (Wildman–Crippen MR) is 83.7 cm³/mol. The second-order valence-corrected chi connectivity index (χ2v) is 7.48. The van der Waals surface area contributed by atoms with Gasteiger partial charge in [-0.05, 0) is 12.8 Å². The van der Waals surface area contributed by atoms with Crippen molar-refractivity contribution < 1.29 is 38.0 Å². The van der Waals surface area contributed by atoms with Gasteiger partial charge in [-0.3, -0.25) is 15.6 Å². The molecule has 8 N–H and O–H groups in total. The van der Waals surface area contributed by atoms with Crippen LogP contribution in [-0.4, -0.2) is 87.1 Å². The Kier molecular flexibility index (Phi) is 3.66. The lowest BCUT2D eigenvalue weighted by atomic mass is 9.85. The van der Waals surface area contributed by atoms with E-state index in [0.29, 0.717) is 0 Å². The standard InChI is InChI=1S/C14H19F3N6O5/c15-14(16,17)11(1-2-11)8(25)28-6-3-23-10(19)20-5(4-24)7-12(23,13(6,26)27)22-9(18)21-7/h5-7,24,26-27H,1-4H2,(H2,19,20)(H3,18,21,22)/t5-,6-,7-,12-/m0/s1. The molecule has 0 bridgehead atoms. The van der Waals surface area contributed by atoms with E-state index in [0.717, 1.165) is 4.90 Å². The third-order valence-corrected chi connectivity index (χ3v) is 5.97. The van der Waals surface area contributed by atoms with Crippen LogP contribution in [0, 0.1) is 16.2 Å². The highest BCUT2D eigenvalue weighted by atomic mass is 19.4. The fraction of sp³-hybridized carbons (Fsp3) is 0.786. The largest absolute Gasteiger partial charge is 0.454 e. The number of aliphatic hydroxyl groups is 3. The smallest absolute Gasteiger partial charge is 0.404 e. The molecule has 0 unspecified atom stereocenters. The Labute approximate surface area is 155 Å². The molecular weight excluding hydrogens is 389 g/mol. The number of alkyl halides is 3. The number of nitrogens with one attached hydrogen (secondary N) is 5. The van der Waals surface area contributed by atoms with Crippen molar-refractivity contribution in [1.82, 2.24) is 20.9 Å². The summed E-state index contributed by atoms with van der Waals surface area (Å²) in [5.41, 5.74) is -4.66. The number of rotatable bonds is 3. The van der Waals surface area contributed by atoms with Crippen LogP contribution in [0.1, 0.15) is 12.8 Å². The summed E-state index contributed by atoms with van der Waals surface area (Å²) in [5.74, 6) is -5.29. The Bertz CT molecular complexity index is 756. The van der Waals surface area contributed by atoms with Gasteiger partial charge in [0.1, 0.15) is 0 Å². The van der Waals surface area contributed by atoms with Crippen LogP contribution < -0.4 is 16.0 Å². The number of ether oxygens (including phenoxy) is 1. The molecule has 3 saturated heterocycles. The molecule has 0 aromatic heterocycles. The third-order valence-electron chi connectivity index (χ3n) is 5.97. The quantitative estimate of drug-likeness (QED) is 0.183. The van der Waals surface area contributed by atoms with Gasteiger partial charge in [0.15, 0.2) is 29.1 Å². The number of esters is 1. The minimum Gasteiger partial charge on any atom is -0.454 e. The summed E-state index contributed by atoms with van der Waals surface area (Å²) in [6.07, 6.45) is -7.55. The zero-order chi connectivity index (χ0) is 20.7. The number of carbonyl (C=O) groups excluding carboxylic acids is 1. The van der Waals surface area contributed by atoms with Crippen molar-refractivity contribution in [3.05, 3.63) is 0 Å². The number of halogens is 3. The minimum absolute atomic E-state index is 0.349. The Hall–Kier alpha value is -2.32. The number of guanidine groups is 2. The number of hydrogen-bond acceptors (Lipinski definition) is 7. The van der Waals surface area contributed by atoms with Crippen molar-refractivity contribution in [3.63, 3.8) is 0 Å². The van der Waals surface area contributed by atoms with Crippen LogP contribution in [0.15, 0.2) is 0 Å². The molecule has 0 amide bonds. The van der Waals surface area contributed by atoms with Crippen molar-refractivity contribution >= 4 is 17.9 Å². The number of hydrogen-bond donors (Lipinski definition) is 8. The number of aliphatic hydroxyl groups excluding tert-OH is 1. The molecule has 1 saturated carbocycles. The molecule has 1 spiro atoms. The minimum atomic E-state index is -4.82. The van der Waals surface area contributed by atoms with Crippen LogP contribution in [0.4, 0.5) is 13.2 Å². The first-order valence-corrected chi connectivity index (χ1v) is 8.50. The molecule has 4 fully saturated rings. The lowest BCUT2D eigenvalue weighted by Gasteiger charge is -2.50. The molecule has 156 valence electrons. The van der Waals surface area contributed by atoms with Gasteiger partial charge >= 0.3 is 12.1 Å². The van der Waals surface area contributed by atoms with Gasteiger partial charge in [-0.15, -0.1) is 0 Å². The summed E-state index contributed by atoms with van der Waals surface area (Å²) in [6, 6.07) is -1.98. The van der Waals surface area contributed by atoms with Crippen molar-refractivity contribution in [2.45, 2.75) is 48.7 Å². The van der Waals surface area contributed by atoms with Gasteiger partial charge in [0.05, 0.1) is 25.2 Å². The molecule has 28 heavy (non-hydrogen) atoms. The molecule has 1 aliphatic carbocycles. The maximum atomic E-state index is 13.2. The summed E-state index contributed by atoms with van der Waals surface area (Å²) in [6.45, 7) is -1.04. The van der Waals surface area contributed by atoms with Crippen LogP contribution in [0.5, 0.6) is 0 Å². The van der Waals surface area contributed by atoms with E-state index >= 15 is 0 Å². The van der Waals surface area contributed by atoms with Crippen LogP contribution in [0.3, 0.4) is 0 Å². The highest BCUT2D eigenvalue weighted by Crippen LogP contribution is 2.59. The molecular formula is C14H19F3N6O5. The molecule has 14 heteroatoms. The second kappa shape index (κ2) is 5.39. The fourth-order valence-electron chi connectivity index (χ4n) is 4.24. The highest BCUT2D eigenvalue weighted by molar-refractivity contribution is 5.88. The third kappa shape index (κ3) is 2.13. The van der Waals surface area contributed by atoms with E-state index in [4.69, 9.17) is 15.6 Å². The Morgan fingerprint density at radius 3 is 2.46 bits per heavy atom. The number of nitrogens with zero attached hydrogens (tertiary/aromatic N) is 1. The van der Waals surface area contributed by atoms with Gasteiger partial charge in [-0.25, -0.2) is 0 Å². The zero-order valence-electron chi connectivity index (χ0n) is 14.3. The molecule has 3 heterocycles. The highest BCUT2D eigenvalue weighted by Gasteiger charge is 2.76. The van der Waals surface area contributed by atoms with Crippen LogP contribution in [0.25, 0.3) is 0 Å². The number of carbonyl (C=O) groups is 1. The van der Waals surface area contributed by atoms with E-state index in [2.05, 4.69) is 16.0 Å². The van der Waals surface area contributed by atoms with E-state index in [9.17, 15) is 33.3 Å². The average molecular weight is 408 g/mol. The van der Waals surface area contributed by atoms with Gasteiger partial charge in [0, 0.05) is 0 Å². The first-order chi connectivity index (χ1) is 12.9. The van der Waals surface area contributed by atoms with E-state index < -0.39 is 73.2 Å².